The minimum absolute atomic E-state index is 0.305. The summed E-state index contributed by atoms with van der Waals surface area (Å²) in [4.78, 5) is 11.2. The molecule has 110 valence electrons. The van der Waals surface area contributed by atoms with Crippen molar-refractivity contribution in [1.82, 2.24) is 5.43 Å². The van der Waals surface area contributed by atoms with Crippen LogP contribution in [0.5, 0.6) is 11.5 Å². The highest BCUT2D eigenvalue weighted by molar-refractivity contribution is 6.01. The lowest BCUT2D eigenvalue weighted by atomic mass is 10.1. The number of methoxy groups -OCH3 is 2. The quantitative estimate of drug-likeness (QED) is 0.642. The van der Waals surface area contributed by atoms with Crippen molar-refractivity contribution in [3.05, 3.63) is 23.8 Å². The summed E-state index contributed by atoms with van der Waals surface area (Å²) in [6.07, 6.45) is 0.0842. The SMILES string of the molecule is CCOC(=O)N/N=C(/CC)c1ccc(OC)c(OC)c1. The minimum atomic E-state index is -0.570. The average Bonchev–Trinajstić information content (AvgIpc) is 2.47. The molecule has 1 amide bonds. The molecule has 20 heavy (non-hydrogen) atoms. The fourth-order valence-electron chi connectivity index (χ4n) is 1.64. The van der Waals surface area contributed by atoms with E-state index in [1.54, 1.807) is 27.2 Å². The molecule has 0 unspecified atom stereocenters. The average molecular weight is 280 g/mol. The molecule has 6 heteroatoms. The highest BCUT2D eigenvalue weighted by atomic mass is 16.5. The van der Waals surface area contributed by atoms with Crippen LogP contribution in [0.15, 0.2) is 23.3 Å². The molecular formula is C14H20N2O4. The minimum Gasteiger partial charge on any atom is -0.493 e. The van der Waals surface area contributed by atoms with Gasteiger partial charge < -0.3 is 14.2 Å². The molecule has 1 aromatic rings. The van der Waals surface area contributed by atoms with Crippen LogP contribution in [0, 0.1) is 0 Å². The smallest absolute Gasteiger partial charge is 0.427 e. The maximum atomic E-state index is 11.2. The zero-order valence-electron chi connectivity index (χ0n) is 12.2. The van der Waals surface area contributed by atoms with E-state index in [-0.39, 0.29) is 0 Å². The molecule has 0 aliphatic carbocycles. The molecule has 0 atom stereocenters. The van der Waals surface area contributed by atoms with Crippen LogP contribution < -0.4 is 14.9 Å². The standard InChI is InChI=1S/C14H20N2O4/c1-5-11(15-16-14(17)20-6-2)10-7-8-12(18-3)13(9-10)19-4/h7-9H,5-6H2,1-4H3,(H,16,17)/b15-11-. The molecule has 0 aromatic heterocycles. The summed E-state index contributed by atoms with van der Waals surface area (Å²) >= 11 is 0. The van der Waals surface area contributed by atoms with Crippen molar-refractivity contribution in [3.63, 3.8) is 0 Å². The Hall–Kier alpha value is -2.24. The first kappa shape index (κ1) is 15.8. The summed E-state index contributed by atoms with van der Waals surface area (Å²) in [5, 5.41) is 4.06. The highest BCUT2D eigenvalue weighted by Gasteiger charge is 2.09. The molecule has 1 rings (SSSR count). The predicted molar refractivity (Wildman–Crippen MR) is 76.5 cm³/mol. The van der Waals surface area contributed by atoms with Crippen molar-refractivity contribution in [2.24, 2.45) is 5.10 Å². The largest absolute Gasteiger partial charge is 0.493 e. The van der Waals surface area contributed by atoms with E-state index in [0.29, 0.717) is 24.5 Å². The summed E-state index contributed by atoms with van der Waals surface area (Å²) in [6.45, 7) is 3.99. The maximum Gasteiger partial charge on any atom is 0.427 e. The summed E-state index contributed by atoms with van der Waals surface area (Å²) in [7, 11) is 3.15. The molecule has 6 nitrogen and oxygen atoms in total. The van der Waals surface area contributed by atoms with Gasteiger partial charge in [-0.15, -0.1) is 0 Å². The molecule has 1 N–H and O–H groups in total. The number of carbonyl (C=O) groups excluding carboxylic acids is 1. The van der Waals surface area contributed by atoms with Gasteiger partial charge in [0.25, 0.3) is 0 Å². The van der Waals surface area contributed by atoms with E-state index in [1.165, 1.54) is 0 Å². The van der Waals surface area contributed by atoms with E-state index in [9.17, 15) is 4.79 Å². The second-order valence-corrected chi connectivity index (χ2v) is 3.81. The number of amides is 1. The van der Waals surface area contributed by atoms with Crippen molar-refractivity contribution >= 4 is 11.8 Å². The summed E-state index contributed by atoms with van der Waals surface area (Å²) < 4.78 is 15.2. The van der Waals surface area contributed by atoms with Gasteiger partial charge >= 0.3 is 6.09 Å². The topological polar surface area (TPSA) is 69.2 Å². The second kappa shape index (κ2) is 8.04. The monoisotopic (exact) mass is 280 g/mol. The number of hydrogen-bond donors (Lipinski definition) is 1. The van der Waals surface area contributed by atoms with E-state index in [2.05, 4.69) is 10.5 Å². The first-order valence-corrected chi connectivity index (χ1v) is 6.37. The molecule has 0 bridgehead atoms. The van der Waals surface area contributed by atoms with Crippen molar-refractivity contribution < 1.29 is 19.0 Å². The van der Waals surface area contributed by atoms with Gasteiger partial charge in [-0.3, -0.25) is 0 Å². The molecule has 0 radical (unpaired) electrons. The molecule has 0 saturated carbocycles. The van der Waals surface area contributed by atoms with E-state index >= 15 is 0 Å². The van der Waals surface area contributed by atoms with Crippen molar-refractivity contribution in [2.75, 3.05) is 20.8 Å². The maximum absolute atomic E-state index is 11.2. The lowest BCUT2D eigenvalue weighted by molar-refractivity contribution is 0.152. The molecular weight excluding hydrogens is 260 g/mol. The van der Waals surface area contributed by atoms with Crippen molar-refractivity contribution in [1.29, 1.82) is 0 Å². The zero-order valence-corrected chi connectivity index (χ0v) is 12.2. The highest BCUT2D eigenvalue weighted by Crippen LogP contribution is 2.28. The number of hydrazone groups is 1. The normalized spacial score (nSPS) is 10.9. The van der Waals surface area contributed by atoms with Crippen LogP contribution in [0.3, 0.4) is 0 Å². The first-order chi connectivity index (χ1) is 9.65. The van der Waals surface area contributed by atoms with Crippen LogP contribution in [-0.4, -0.2) is 32.6 Å². The van der Waals surface area contributed by atoms with Gasteiger partial charge in [0.15, 0.2) is 11.5 Å². The second-order valence-electron chi connectivity index (χ2n) is 3.81. The van der Waals surface area contributed by atoms with Crippen LogP contribution in [0.2, 0.25) is 0 Å². The molecule has 1 aromatic carbocycles. The molecule has 0 heterocycles. The van der Waals surface area contributed by atoms with E-state index in [1.807, 2.05) is 19.1 Å². The summed E-state index contributed by atoms with van der Waals surface area (Å²) in [6, 6.07) is 5.47. The van der Waals surface area contributed by atoms with Gasteiger partial charge in [0.2, 0.25) is 0 Å². The Morgan fingerprint density at radius 1 is 1.20 bits per heavy atom. The Bertz CT molecular complexity index is 486. The van der Waals surface area contributed by atoms with E-state index < -0.39 is 6.09 Å². The Balaban J connectivity index is 2.94. The lowest BCUT2D eigenvalue weighted by Gasteiger charge is -2.10. The third-order valence-corrected chi connectivity index (χ3v) is 2.61. The van der Waals surface area contributed by atoms with Gasteiger partial charge in [-0.1, -0.05) is 6.92 Å². The van der Waals surface area contributed by atoms with Crippen LogP contribution in [-0.2, 0) is 4.74 Å². The summed E-state index contributed by atoms with van der Waals surface area (Å²) in [5.74, 6) is 1.26. The van der Waals surface area contributed by atoms with Crippen LogP contribution in [0.4, 0.5) is 4.79 Å². The Morgan fingerprint density at radius 3 is 2.45 bits per heavy atom. The molecule has 0 aliphatic rings. The Labute approximate surface area is 118 Å². The number of nitrogens with one attached hydrogen (secondary N) is 1. The number of hydrogen-bond acceptors (Lipinski definition) is 5. The first-order valence-electron chi connectivity index (χ1n) is 6.37. The van der Waals surface area contributed by atoms with Gasteiger partial charge in [-0.25, -0.2) is 10.2 Å². The van der Waals surface area contributed by atoms with Gasteiger partial charge in [-0.2, -0.15) is 5.10 Å². The summed E-state index contributed by atoms with van der Waals surface area (Å²) in [5.41, 5.74) is 3.92. The van der Waals surface area contributed by atoms with Crippen molar-refractivity contribution in [3.8, 4) is 11.5 Å². The lowest BCUT2D eigenvalue weighted by Crippen LogP contribution is -2.20. The fraction of sp³-hybridized carbons (Fsp3) is 0.429. The Morgan fingerprint density at radius 2 is 1.90 bits per heavy atom. The van der Waals surface area contributed by atoms with E-state index in [4.69, 9.17) is 14.2 Å². The number of ether oxygens (including phenoxy) is 3. The van der Waals surface area contributed by atoms with Crippen molar-refractivity contribution in [2.45, 2.75) is 20.3 Å². The van der Waals surface area contributed by atoms with Crippen LogP contribution >= 0.6 is 0 Å². The molecule has 0 spiro atoms. The third-order valence-electron chi connectivity index (χ3n) is 2.61. The van der Waals surface area contributed by atoms with Gasteiger partial charge in [0.1, 0.15) is 0 Å². The molecule has 0 saturated heterocycles. The predicted octanol–water partition coefficient (Wildman–Crippen LogP) is 2.56. The van der Waals surface area contributed by atoms with Gasteiger partial charge in [-0.05, 0) is 31.5 Å². The van der Waals surface area contributed by atoms with Gasteiger partial charge in [0.05, 0.1) is 26.5 Å². The number of benzene rings is 1. The fourth-order valence-corrected chi connectivity index (χ4v) is 1.64. The Kier molecular flexibility index (Phi) is 6.36. The van der Waals surface area contributed by atoms with Gasteiger partial charge in [0, 0.05) is 5.56 Å². The number of carbonyl (C=O) groups is 1. The van der Waals surface area contributed by atoms with Crippen LogP contribution in [0.25, 0.3) is 0 Å². The number of rotatable bonds is 6. The third kappa shape index (κ3) is 4.15. The van der Waals surface area contributed by atoms with Crippen LogP contribution in [0.1, 0.15) is 25.8 Å². The molecule has 0 aliphatic heterocycles. The van der Waals surface area contributed by atoms with E-state index in [0.717, 1.165) is 11.3 Å². The molecule has 0 fully saturated rings. The number of nitrogens with zero attached hydrogens (tertiary/aromatic N) is 1. The zero-order chi connectivity index (χ0) is 15.0.